The van der Waals surface area contributed by atoms with Gasteiger partial charge in [0.25, 0.3) is 5.79 Å². The molecule has 0 radical (unpaired) electrons. The molecule has 0 aromatic heterocycles. The minimum atomic E-state index is -0.704. The van der Waals surface area contributed by atoms with Crippen LogP contribution in [0.15, 0.2) is 11.8 Å². The van der Waals surface area contributed by atoms with Gasteiger partial charge in [0.15, 0.2) is 0 Å². The highest BCUT2D eigenvalue weighted by Gasteiger charge is 2.35. The molecule has 14 heavy (non-hydrogen) atoms. The van der Waals surface area contributed by atoms with Crippen molar-refractivity contribution in [2.75, 3.05) is 0 Å². The van der Waals surface area contributed by atoms with Gasteiger partial charge in [-0.05, 0) is 18.4 Å². The Morgan fingerprint density at radius 3 is 2.71 bits per heavy atom. The summed E-state index contributed by atoms with van der Waals surface area (Å²) in [6.07, 6.45) is 5.16. The standard InChI is InChI=1S/C11H18O3/c1-4-10-6-7-11(5-2,13-8-10)14-9(3)12/h8H,4-7H2,1-3H3. The fourth-order valence-electron chi connectivity index (χ4n) is 1.59. The van der Waals surface area contributed by atoms with Gasteiger partial charge >= 0.3 is 5.97 Å². The summed E-state index contributed by atoms with van der Waals surface area (Å²) in [5.74, 6) is -0.981. The van der Waals surface area contributed by atoms with Gasteiger partial charge in [0.2, 0.25) is 0 Å². The van der Waals surface area contributed by atoms with Crippen LogP contribution in [-0.2, 0) is 14.3 Å². The van der Waals surface area contributed by atoms with Gasteiger partial charge in [-0.2, -0.15) is 0 Å². The third-order valence-electron chi connectivity index (χ3n) is 2.59. The maximum absolute atomic E-state index is 10.9. The van der Waals surface area contributed by atoms with E-state index in [0.29, 0.717) is 6.42 Å². The number of carbonyl (C=O) groups is 1. The van der Waals surface area contributed by atoms with E-state index in [1.54, 1.807) is 6.26 Å². The second kappa shape index (κ2) is 4.49. The van der Waals surface area contributed by atoms with Crippen LogP contribution in [0.3, 0.4) is 0 Å². The summed E-state index contributed by atoms with van der Waals surface area (Å²) in [6, 6.07) is 0. The van der Waals surface area contributed by atoms with Crippen LogP contribution in [-0.4, -0.2) is 11.8 Å². The molecule has 0 saturated carbocycles. The molecular weight excluding hydrogens is 180 g/mol. The molecular formula is C11H18O3. The van der Waals surface area contributed by atoms with E-state index in [-0.39, 0.29) is 5.97 Å². The lowest BCUT2D eigenvalue weighted by atomic mass is 9.99. The van der Waals surface area contributed by atoms with E-state index in [9.17, 15) is 4.79 Å². The molecule has 3 nitrogen and oxygen atoms in total. The van der Waals surface area contributed by atoms with Gasteiger partial charge in [0.05, 0.1) is 6.26 Å². The molecule has 1 aliphatic rings. The number of ether oxygens (including phenoxy) is 2. The molecule has 0 bridgehead atoms. The second-order valence-electron chi connectivity index (χ2n) is 3.61. The van der Waals surface area contributed by atoms with Crippen molar-refractivity contribution in [2.24, 2.45) is 0 Å². The smallest absolute Gasteiger partial charge is 0.305 e. The monoisotopic (exact) mass is 198 g/mol. The third-order valence-corrected chi connectivity index (χ3v) is 2.59. The molecule has 0 N–H and O–H groups in total. The first kappa shape index (κ1) is 11.1. The molecule has 0 aliphatic carbocycles. The molecule has 0 fully saturated rings. The van der Waals surface area contributed by atoms with Crippen molar-refractivity contribution in [1.82, 2.24) is 0 Å². The van der Waals surface area contributed by atoms with Gasteiger partial charge in [-0.15, -0.1) is 0 Å². The zero-order chi connectivity index (χ0) is 10.6. The van der Waals surface area contributed by atoms with E-state index in [2.05, 4.69) is 6.92 Å². The molecule has 1 unspecified atom stereocenters. The van der Waals surface area contributed by atoms with Crippen LogP contribution < -0.4 is 0 Å². The Hall–Kier alpha value is -0.990. The third kappa shape index (κ3) is 2.50. The number of carbonyl (C=O) groups excluding carboxylic acids is 1. The SMILES string of the molecule is CCC1=COC(CC)(OC(C)=O)CC1. The first-order valence-electron chi connectivity index (χ1n) is 5.17. The van der Waals surface area contributed by atoms with E-state index in [4.69, 9.17) is 9.47 Å². The van der Waals surface area contributed by atoms with Gasteiger partial charge in [0.1, 0.15) is 0 Å². The first-order valence-corrected chi connectivity index (χ1v) is 5.17. The van der Waals surface area contributed by atoms with Crippen LogP contribution in [0.5, 0.6) is 0 Å². The fourth-order valence-corrected chi connectivity index (χ4v) is 1.59. The summed E-state index contributed by atoms with van der Waals surface area (Å²) in [6.45, 7) is 5.48. The fraction of sp³-hybridized carbons (Fsp3) is 0.727. The quantitative estimate of drug-likeness (QED) is 0.654. The number of allylic oxidation sites excluding steroid dienone is 1. The lowest BCUT2D eigenvalue weighted by Gasteiger charge is -2.34. The van der Waals surface area contributed by atoms with Crippen molar-refractivity contribution in [3.63, 3.8) is 0 Å². The molecule has 1 atom stereocenters. The predicted molar refractivity (Wildman–Crippen MR) is 53.5 cm³/mol. The minimum absolute atomic E-state index is 0.278. The zero-order valence-electron chi connectivity index (χ0n) is 9.13. The van der Waals surface area contributed by atoms with Gasteiger partial charge in [-0.1, -0.05) is 13.8 Å². The summed E-state index contributed by atoms with van der Waals surface area (Å²) in [5, 5.41) is 0. The van der Waals surface area contributed by atoms with Crippen molar-refractivity contribution < 1.29 is 14.3 Å². The Kier molecular flexibility index (Phi) is 3.55. The van der Waals surface area contributed by atoms with E-state index in [1.807, 2.05) is 6.92 Å². The zero-order valence-corrected chi connectivity index (χ0v) is 9.13. The molecule has 1 aliphatic heterocycles. The Bertz CT molecular complexity index is 245. The van der Waals surface area contributed by atoms with E-state index >= 15 is 0 Å². The molecule has 0 spiro atoms. The highest BCUT2D eigenvalue weighted by Crippen LogP contribution is 2.32. The normalized spacial score (nSPS) is 26.4. The lowest BCUT2D eigenvalue weighted by Crippen LogP contribution is -2.37. The van der Waals surface area contributed by atoms with Crippen LogP contribution in [0.2, 0.25) is 0 Å². The second-order valence-corrected chi connectivity index (χ2v) is 3.61. The maximum Gasteiger partial charge on any atom is 0.305 e. The molecule has 1 rings (SSSR count). The molecule has 0 saturated heterocycles. The summed E-state index contributed by atoms with van der Waals surface area (Å²) in [4.78, 5) is 10.9. The first-order chi connectivity index (χ1) is 6.62. The van der Waals surface area contributed by atoms with E-state index in [0.717, 1.165) is 19.3 Å². The van der Waals surface area contributed by atoms with Crippen molar-refractivity contribution in [3.8, 4) is 0 Å². The number of esters is 1. The van der Waals surface area contributed by atoms with Crippen LogP contribution >= 0.6 is 0 Å². The minimum Gasteiger partial charge on any atom is -0.460 e. The topological polar surface area (TPSA) is 35.5 Å². The van der Waals surface area contributed by atoms with Gasteiger partial charge in [0, 0.05) is 19.8 Å². The van der Waals surface area contributed by atoms with E-state index in [1.165, 1.54) is 12.5 Å². The average Bonchev–Trinajstić information content (AvgIpc) is 2.18. The van der Waals surface area contributed by atoms with Crippen molar-refractivity contribution in [1.29, 1.82) is 0 Å². The van der Waals surface area contributed by atoms with Gasteiger partial charge in [-0.25, -0.2) is 0 Å². The van der Waals surface area contributed by atoms with E-state index < -0.39 is 5.79 Å². The summed E-state index contributed by atoms with van der Waals surface area (Å²) in [7, 11) is 0. The van der Waals surface area contributed by atoms with Gasteiger partial charge in [-0.3, -0.25) is 4.79 Å². The Balaban J connectivity index is 2.65. The number of rotatable bonds is 3. The van der Waals surface area contributed by atoms with Crippen LogP contribution in [0.1, 0.15) is 46.5 Å². The highest BCUT2D eigenvalue weighted by molar-refractivity contribution is 5.66. The van der Waals surface area contributed by atoms with Crippen molar-refractivity contribution >= 4 is 5.97 Å². The lowest BCUT2D eigenvalue weighted by molar-refractivity contribution is -0.217. The Morgan fingerprint density at radius 1 is 1.64 bits per heavy atom. The predicted octanol–water partition coefficient (Wildman–Crippen LogP) is 2.76. The molecule has 3 heteroatoms. The molecule has 0 aromatic carbocycles. The maximum atomic E-state index is 10.9. The highest BCUT2D eigenvalue weighted by atomic mass is 16.7. The molecule has 0 aromatic rings. The molecule has 1 heterocycles. The van der Waals surface area contributed by atoms with Crippen molar-refractivity contribution in [2.45, 2.75) is 52.2 Å². The van der Waals surface area contributed by atoms with Gasteiger partial charge < -0.3 is 9.47 Å². The molecule has 0 amide bonds. The van der Waals surface area contributed by atoms with Crippen LogP contribution in [0.4, 0.5) is 0 Å². The number of hydrogen-bond donors (Lipinski definition) is 0. The summed E-state index contributed by atoms with van der Waals surface area (Å²) in [5.41, 5.74) is 1.28. The van der Waals surface area contributed by atoms with Crippen LogP contribution in [0, 0.1) is 0 Å². The average molecular weight is 198 g/mol. The largest absolute Gasteiger partial charge is 0.460 e. The van der Waals surface area contributed by atoms with Crippen LogP contribution in [0.25, 0.3) is 0 Å². The summed E-state index contributed by atoms with van der Waals surface area (Å²) < 4.78 is 10.7. The summed E-state index contributed by atoms with van der Waals surface area (Å²) >= 11 is 0. The Morgan fingerprint density at radius 2 is 2.36 bits per heavy atom. The van der Waals surface area contributed by atoms with Crippen molar-refractivity contribution in [3.05, 3.63) is 11.8 Å². The number of hydrogen-bond acceptors (Lipinski definition) is 3. The Labute approximate surface area is 85.1 Å². The molecule has 80 valence electrons.